The van der Waals surface area contributed by atoms with Crippen LogP contribution in [-0.4, -0.2) is 17.6 Å². The number of hydrogen-bond acceptors (Lipinski definition) is 5. The minimum Gasteiger partial charge on any atom is -0.464 e. The molecular formula is C21H21F2NO4. The van der Waals surface area contributed by atoms with E-state index >= 15 is 0 Å². The van der Waals surface area contributed by atoms with Gasteiger partial charge < -0.3 is 9.15 Å². The lowest BCUT2D eigenvalue weighted by Gasteiger charge is -2.13. The molecule has 0 saturated heterocycles. The van der Waals surface area contributed by atoms with E-state index in [1.807, 2.05) is 6.92 Å². The minimum atomic E-state index is -2.07. The molecule has 0 spiro atoms. The van der Waals surface area contributed by atoms with Crippen LogP contribution in [0.25, 0.3) is 22.1 Å². The number of rotatable bonds is 7. The van der Waals surface area contributed by atoms with Crippen molar-refractivity contribution >= 4 is 28.0 Å². The number of esters is 1. The fraction of sp³-hybridized carbons (Fsp3) is 0.381. The van der Waals surface area contributed by atoms with Crippen molar-refractivity contribution in [2.24, 2.45) is 0 Å². The summed E-state index contributed by atoms with van der Waals surface area (Å²) in [5, 5.41) is 0.216. The Bertz CT molecular complexity index is 1080. The summed E-state index contributed by atoms with van der Waals surface area (Å²) >= 11 is 0. The van der Waals surface area contributed by atoms with Crippen molar-refractivity contribution in [3.8, 4) is 0 Å². The van der Waals surface area contributed by atoms with Crippen LogP contribution in [0, 0.1) is 5.82 Å². The number of aromatic nitrogens is 1. The monoisotopic (exact) mass is 389 g/mol. The number of carbonyl (C=O) groups excluding carboxylic acids is 1. The highest BCUT2D eigenvalue weighted by atomic mass is 19.1. The SMILES string of the molecule is CCCCCc1cc2c(=O)c3cc(F)ccc3oc2nc1C(F)C(=O)OCC. The van der Waals surface area contributed by atoms with E-state index in [0.717, 1.165) is 31.4 Å². The molecule has 0 fully saturated rings. The highest BCUT2D eigenvalue weighted by molar-refractivity contribution is 5.89. The third kappa shape index (κ3) is 3.88. The molecule has 0 aliphatic rings. The Hall–Kier alpha value is -2.83. The van der Waals surface area contributed by atoms with Gasteiger partial charge in [0.1, 0.15) is 11.4 Å². The zero-order valence-corrected chi connectivity index (χ0v) is 15.8. The molecular weight excluding hydrogens is 368 g/mol. The first kappa shape index (κ1) is 19.9. The van der Waals surface area contributed by atoms with Crippen LogP contribution >= 0.6 is 0 Å². The molecule has 148 valence electrons. The lowest BCUT2D eigenvalue weighted by atomic mass is 10.0. The maximum atomic E-state index is 14.8. The van der Waals surface area contributed by atoms with Crippen LogP contribution in [0.1, 0.15) is 50.5 Å². The van der Waals surface area contributed by atoms with Gasteiger partial charge >= 0.3 is 5.97 Å². The van der Waals surface area contributed by atoms with Crippen LogP contribution in [0.5, 0.6) is 0 Å². The fourth-order valence-corrected chi connectivity index (χ4v) is 3.12. The molecule has 0 saturated carbocycles. The minimum absolute atomic E-state index is 0.0449. The standard InChI is InChI=1S/C21H21F2NO4/c1-3-5-6-7-12-10-15-19(25)14-11-13(22)8-9-16(14)28-20(15)24-18(12)17(23)21(26)27-4-2/h8-11,17H,3-7H2,1-2H3. The Morgan fingerprint density at radius 1 is 1.21 bits per heavy atom. The number of carbonyl (C=O) groups is 1. The number of halogens is 2. The van der Waals surface area contributed by atoms with E-state index in [9.17, 15) is 18.4 Å². The van der Waals surface area contributed by atoms with Gasteiger partial charge in [-0.05, 0) is 49.6 Å². The zero-order valence-electron chi connectivity index (χ0n) is 15.8. The first-order chi connectivity index (χ1) is 13.5. The summed E-state index contributed by atoms with van der Waals surface area (Å²) in [5.74, 6) is -1.59. The van der Waals surface area contributed by atoms with Gasteiger partial charge in [-0.25, -0.2) is 18.6 Å². The molecule has 5 nitrogen and oxygen atoms in total. The van der Waals surface area contributed by atoms with Gasteiger partial charge in [-0.1, -0.05) is 19.8 Å². The van der Waals surface area contributed by atoms with Gasteiger partial charge in [0, 0.05) is 0 Å². The zero-order chi connectivity index (χ0) is 20.3. The maximum absolute atomic E-state index is 14.8. The predicted octanol–water partition coefficient (Wildman–Crippen LogP) is 4.79. The van der Waals surface area contributed by atoms with Crippen molar-refractivity contribution in [1.29, 1.82) is 0 Å². The Morgan fingerprint density at radius 3 is 2.71 bits per heavy atom. The number of alkyl halides is 1. The fourth-order valence-electron chi connectivity index (χ4n) is 3.12. The molecule has 0 N–H and O–H groups in total. The van der Waals surface area contributed by atoms with Crippen LogP contribution in [0.3, 0.4) is 0 Å². The summed E-state index contributed by atoms with van der Waals surface area (Å²) in [7, 11) is 0. The molecule has 1 unspecified atom stereocenters. The number of hydrogen-bond donors (Lipinski definition) is 0. The summed E-state index contributed by atoms with van der Waals surface area (Å²) in [5.41, 5.74) is -0.0535. The van der Waals surface area contributed by atoms with Crippen molar-refractivity contribution in [2.75, 3.05) is 6.61 Å². The van der Waals surface area contributed by atoms with Crippen molar-refractivity contribution in [2.45, 2.75) is 45.7 Å². The lowest BCUT2D eigenvalue weighted by molar-refractivity contribution is -0.149. The van der Waals surface area contributed by atoms with Gasteiger partial charge in [-0.15, -0.1) is 0 Å². The molecule has 1 aromatic carbocycles. The molecule has 0 amide bonds. The van der Waals surface area contributed by atoms with Crippen LogP contribution in [0.15, 0.2) is 33.5 Å². The van der Waals surface area contributed by atoms with E-state index in [4.69, 9.17) is 9.15 Å². The Labute approximate surface area is 160 Å². The Morgan fingerprint density at radius 2 is 2.00 bits per heavy atom. The van der Waals surface area contributed by atoms with Gasteiger partial charge in [0.2, 0.25) is 17.3 Å². The van der Waals surface area contributed by atoms with Crippen LogP contribution in [-0.2, 0) is 16.0 Å². The average Bonchev–Trinajstić information content (AvgIpc) is 2.68. The summed E-state index contributed by atoms with van der Waals surface area (Å²) in [6.45, 7) is 3.67. The second-order valence-corrected chi connectivity index (χ2v) is 6.53. The number of pyridine rings is 1. The van der Waals surface area contributed by atoms with Crippen molar-refractivity contribution < 1.29 is 22.7 Å². The molecule has 3 aromatic rings. The third-order valence-corrected chi connectivity index (χ3v) is 4.52. The van der Waals surface area contributed by atoms with E-state index in [1.165, 1.54) is 12.1 Å². The normalized spacial score (nSPS) is 12.4. The number of ether oxygens (including phenoxy) is 1. The summed E-state index contributed by atoms with van der Waals surface area (Å²) < 4.78 is 38.7. The second kappa shape index (κ2) is 8.46. The van der Waals surface area contributed by atoms with E-state index in [0.29, 0.717) is 12.0 Å². The van der Waals surface area contributed by atoms with Crippen LogP contribution < -0.4 is 5.43 Å². The molecule has 2 heterocycles. The molecule has 0 bridgehead atoms. The largest absolute Gasteiger partial charge is 0.464 e. The van der Waals surface area contributed by atoms with Crippen molar-refractivity contribution in [3.63, 3.8) is 0 Å². The first-order valence-electron chi connectivity index (χ1n) is 9.32. The van der Waals surface area contributed by atoms with E-state index in [2.05, 4.69) is 4.98 Å². The third-order valence-electron chi connectivity index (χ3n) is 4.52. The molecule has 3 rings (SSSR count). The van der Waals surface area contributed by atoms with Crippen LogP contribution in [0.4, 0.5) is 8.78 Å². The molecule has 1 atom stereocenters. The summed E-state index contributed by atoms with van der Waals surface area (Å²) in [6.07, 6.45) is 0.993. The van der Waals surface area contributed by atoms with Gasteiger partial charge in [-0.3, -0.25) is 4.79 Å². The van der Waals surface area contributed by atoms with Gasteiger partial charge in [0.05, 0.1) is 23.1 Å². The maximum Gasteiger partial charge on any atom is 0.347 e. The summed E-state index contributed by atoms with van der Waals surface area (Å²) in [4.78, 5) is 28.8. The van der Waals surface area contributed by atoms with Gasteiger partial charge in [0.25, 0.3) is 0 Å². The van der Waals surface area contributed by atoms with Crippen molar-refractivity contribution in [3.05, 3.63) is 51.6 Å². The Balaban J connectivity index is 2.20. The lowest BCUT2D eigenvalue weighted by Crippen LogP contribution is -2.16. The molecule has 2 aromatic heterocycles. The van der Waals surface area contributed by atoms with E-state index < -0.39 is 23.4 Å². The highest BCUT2D eigenvalue weighted by Gasteiger charge is 2.27. The quantitative estimate of drug-likeness (QED) is 0.330. The van der Waals surface area contributed by atoms with E-state index in [1.54, 1.807) is 6.92 Å². The molecule has 0 aliphatic heterocycles. The number of unbranched alkanes of at least 4 members (excludes halogenated alkanes) is 2. The second-order valence-electron chi connectivity index (χ2n) is 6.53. The average molecular weight is 389 g/mol. The van der Waals surface area contributed by atoms with Gasteiger partial charge in [0.15, 0.2) is 0 Å². The first-order valence-corrected chi connectivity index (χ1v) is 9.32. The Kier molecular flexibility index (Phi) is 6.02. The molecule has 0 radical (unpaired) electrons. The number of fused-ring (bicyclic) bond motifs is 2. The molecule has 0 aliphatic carbocycles. The number of nitrogens with zero attached hydrogens (tertiary/aromatic N) is 1. The number of benzene rings is 1. The van der Waals surface area contributed by atoms with Crippen LogP contribution in [0.2, 0.25) is 0 Å². The highest BCUT2D eigenvalue weighted by Crippen LogP contribution is 2.27. The van der Waals surface area contributed by atoms with Gasteiger partial charge in [-0.2, -0.15) is 0 Å². The molecule has 28 heavy (non-hydrogen) atoms. The predicted molar refractivity (Wildman–Crippen MR) is 101 cm³/mol. The summed E-state index contributed by atoms with van der Waals surface area (Å²) in [6, 6.07) is 5.07. The van der Waals surface area contributed by atoms with Crippen molar-refractivity contribution in [1.82, 2.24) is 4.98 Å². The topological polar surface area (TPSA) is 69.4 Å². The smallest absolute Gasteiger partial charge is 0.347 e. The molecule has 7 heteroatoms. The van der Waals surface area contributed by atoms with E-state index in [-0.39, 0.29) is 34.4 Å². The number of aryl methyl sites for hydroxylation is 1.